The summed E-state index contributed by atoms with van der Waals surface area (Å²) in [4.78, 5) is 8.88. The van der Waals surface area contributed by atoms with Crippen LogP contribution in [0.3, 0.4) is 0 Å². The Bertz CT molecular complexity index is 437. The number of hydrogen-bond donors (Lipinski definition) is 2. The van der Waals surface area contributed by atoms with E-state index in [1.807, 2.05) is 12.3 Å². The summed E-state index contributed by atoms with van der Waals surface area (Å²) >= 11 is 1.70. The number of nitrogens with one attached hydrogen (secondary N) is 2. The van der Waals surface area contributed by atoms with Crippen LogP contribution >= 0.6 is 11.3 Å². The standard InChI is InChI=1S/C12H17N3S/c1-12(2,3)14-8-9-7-13-11(15-9)10-5-4-6-16-10/h4-7,14H,8H2,1-3H3,(H,13,15). The largest absolute Gasteiger partial charge is 0.340 e. The third-order valence-corrected chi connectivity index (χ3v) is 3.07. The Morgan fingerprint density at radius 1 is 1.44 bits per heavy atom. The number of thiophene rings is 1. The van der Waals surface area contributed by atoms with Gasteiger partial charge in [0.2, 0.25) is 0 Å². The van der Waals surface area contributed by atoms with Gasteiger partial charge in [0.1, 0.15) is 5.82 Å². The van der Waals surface area contributed by atoms with Crippen molar-refractivity contribution in [2.45, 2.75) is 32.9 Å². The van der Waals surface area contributed by atoms with Gasteiger partial charge in [0, 0.05) is 24.0 Å². The predicted molar refractivity (Wildman–Crippen MR) is 68.5 cm³/mol. The maximum Gasteiger partial charge on any atom is 0.147 e. The molecule has 2 aromatic rings. The summed E-state index contributed by atoms with van der Waals surface area (Å²) in [6, 6.07) is 4.11. The zero-order chi connectivity index (χ0) is 11.6. The Hall–Kier alpha value is -1.13. The van der Waals surface area contributed by atoms with Gasteiger partial charge in [0.15, 0.2) is 0 Å². The van der Waals surface area contributed by atoms with Crippen LogP contribution in [0.5, 0.6) is 0 Å². The molecule has 0 aliphatic carbocycles. The molecule has 3 nitrogen and oxygen atoms in total. The van der Waals surface area contributed by atoms with Crippen LogP contribution in [-0.2, 0) is 6.54 Å². The van der Waals surface area contributed by atoms with E-state index in [9.17, 15) is 0 Å². The average Bonchev–Trinajstić information content (AvgIpc) is 2.84. The first-order chi connectivity index (χ1) is 7.54. The zero-order valence-corrected chi connectivity index (χ0v) is 10.7. The second kappa shape index (κ2) is 4.39. The van der Waals surface area contributed by atoms with Crippen molar-refractivity contribution >= 4 is 11.3 Å². The highest BCUT2D eigenvalue weighted by Gasteiger charge is 2.10. The first-order valence-corrected chi connectivity index (χ1v) is 6.25. The second-order valence-electron chi connectivity index (χ2n) is 4.84. The minimum Gasteiger partial charge on any atom is -0.340 e. The molecular formula is C12H17N3S. The number of aromatic nitrogens is 2. The zero-order valence-electron chi connectivity index (χ0n) is 9.87. The van der Waals surface area contributed by atoms with Crippen molar-refractivity contribution < 1.29 is 0 Å². The number of H-pyrrole nitrogens is 1. The maximum atomic E-state index is 4.37. The predicted octanol–water partition coefficient (Wildman–Crippen LogP) is 3.03. The molecule has 0 atom stereocenters. The molecule has 0 bridgehead atoms. The minimum absolute atomic E-state index is 0.133. The molecule has 0 saturated carbocycles. The molecule has 86 valence electrons. The summed E-state index contributed by atoms with van der Waals surface area (Å²) in [7, 11) is 0. The fraction of sp³-hybridized carbons (Fsp3) is 0.417. The Morgan fingerprint density at radius 3 is 2.88 bits per heavy atom. The van der Waals surface area contributed by atoms with Gasteiger partial charge in [0.25, 0.3) is 0 Å². The third-order valence-electron chi connectivity index (χ3n) is 2.19. The summed E-state index contributed by atoms with van der Waals surface area (Å²) in [6.45, 7) is 7.29. The molecule has 2 aromatic heterocycles. The van der Waals surface area contributed by atoms with E-state index in [4.69, 9.17) is 0 Å². The number of hydrogen-bond acceptors (Lipinski definition) is 3. The molecule has 0 unspecified atom stereocenters. The molecule has 0 aromatic carbocycles. The Labute approximate surface area is 99.9 Å². The molecule has 2 N–H and O–H groups in total. The molecule has 0 aliphatic heterocycles. The van der Waals surface area contributed by atoms with Gasteiger partial charge >= 0.3 is 0 Å². The lowest BCUT2D eigenvalue weighted by molar-refractivity contribution is 0.422. The van der Waals surface area contributed by atoms with Gasteiger partial charge in [-0.1, -0.05) is 6.07 Å². The Balaban J connectivity index is 2.03. The van der Waals surface area contributed by atoms with Gasteiger partial charge in [-0.2, -0.15) is 0 Å². The van der Waals surface area contributed by atoms with E-state index in [-0.39, 0.29) is 5.54 Å². The van der Waals surface area contributed by atoms with E-state index >= 15 is 0 Å². The topological polar surface area (TPSA) is 40.7 Å². The minimum atomic E-state index is 0.133. The van der Waals surface area contributed by atoms with Crippen molar-refractivity contribution in [1.29, 1.82) is 0 Å². The Morgan fingerprint density at radius 2 is 2.25 bits per heavy atom. The molecule has 4 heteroatoms. The molecular weight excluding hydrogens is 218 g/mol. The van der Waals surface area contributed by atoms with E-state index < -0.39 is 0 Å². The van der Waals surface area contributed by atoms with Crippen LogP contribution < -0.4 is 5.32 Å². The summed E-state index contributed by atoms with van der Waals surface area (Å²) in [5.41, 5.74) is 1.26. The van der Waals surface area contributed by atoms with Crippen LogP contribution in [0.15, 0.2) is 23.7 Å². The van der Waals surface area contributed by atoms with Gasteiger partial charge in [-0.15, -0.1) is 11.3 Å². The highest BCUT2D eigenvalue weighted by atomic mass is 32.1. The molecule has 0 spiro atoms. The van der Waals surface area contributed by atoms with E-state index in [1.54, 1.807) is 11.3 Å². The van der Waals surface area contributed by atoms with E-state index in [2.05, 4.69) is 47.5 Å². The SMILES string of the molecule is CC(C)(C)NCc1cnc(-c2cccs2)[nH]1. The fourth-order valence-corrected chi connectivity index (χ4v) is 2.02. The lowest BCUT2D eigenvalue weighted by atomic mass is 10.1. The lowest BCUT2D eigenvalue weighted by Crippen LogP contribution is -2.35. The van der Waals surface area contributed by atoms with Crippen molar-refractivity contribution in [2.24, 2.45) is 0 Å². The lowest BCUT2D eigenvalue weighted by Gasteiger charge is -2.19. The highest BCUT2D eigenvalue weighted by Crippen LogP contribution is 2.21. The maximum absolute atomic E-state index is 4.37. The van der Waals surface area contributed by atoms with Crippen LogP contribution in [0.25, 0.3) is 10.7 Å². The molecule has 0 saturated heterocycles. The smallest absolute Gasteiger partial charge is 0.147 e. The molecule has 2 rings (SSSR count). The van der Waals surface area contributed by atoms with Crippen LogP contribution in [0.1, 0.15) is 26.5 Å². The molecule has 0 fully saturated rings. The molecule has 16 heavy (non-hydrogen) atoms. The summed E-state index contributed by atoms with van der Waals surface area (Å²) in [5, 5.41) is 5.49. The monoisotopic (exact) mass is 235 g/mol. The first-order valence-electron chi connectivity index (χ1n) is 5.37. The normalized spacial score (nSPS) is 11.9. The summed E-state index contributed by atoms with van der Waals surface area (Å²) in [5.74, 6) is 0.959. The average molecular weight is 235 g/mol. The van der Waals surface area contributed by atoms with Crippen molar-refractivity contribution in [3.8, 4) is 10.7 Å². The Kier molecular flexibility index (Phi) is 3.12. The van der Waals surface area contributed by atoms with Gasteiger partial charge in [-0.25, -0.2) is 4.98 Å². The highest BCUT2D eigenvalue weighted by molar-refractivity contribution is 7.13. The van der Waals surface area contributed by atoms with Crippen molar-refractivity contribution in [3.05, 3.63) is 29.4 Å². The summed E-state index contributed by atoms with van der Waals surface area (Å²) < 4.78 is 0. The van der Waals surface area contributed by atoms with E-state index in [0.717, 1.165) is 18.1 Å². The molecule has 0 aliphatic rings. The van der Waals surface area contributed by atoms with Gasteiger partial charge in [0.05, 0.1) is 4.88 Å². The first kappa shape index (κ1) is 11.4. The number of rotatable bonds is 3. The molecule has 0 radical (unpaired) electrons. The van der Waals surface area contributed by atoms with Crippen molar-refractivity contribution in [1.82, 2.24) is 15.3 Å². The van der Waals surface area contributed by atoms with Crippen molar-refractivity contribution in [2.75, 3.05) is 0 Å². The van der Waals surface area contributed by atoms with Crippen LogP contribution in [0.2, 0.25) is 0 Å². The third kappa shape index (κ3) is 2.93. The molecule has 0 amide bonds. The van der Waals surface area contributed by atoms with Gasteiger partial charge in [-0.3, -0.25) is 0 Å². The quantitative estimate of drug-likeness (QED) is 0.858. The van der Waals surface area contributed by atoms with Crippen LogP contribution in [0.4, 0.5) is 0 Å². The van der Waals surface area contributed by atoms with Crippen LogP contribution in [0, 0.1) is 0 Å². The number of nitrogens with zero attached hydrogens (tertiary/aromatic N) is 1. The van der Waals surface area contributed by atoms with Gasteiger partial charge in [-0.05, 0) is 32.2 Å². The summed E-state index contributed by atoms with van der Waals surface area (Å²) in [6.07, 6.45) is 1.90. The van der Waals surface area contributed by atoms with Crippen LogP contribution in [-0.4, -0.2) is 15.5 Å². The van der Waals surface area contributed by atoms with E-state index in [1.165, 1.54) is 4.88 Å². The number of aromatic amines is 1. The second-order valence-corrected chi connectivity index (χ2v) is 5.79. The van der Waals surface area contributed by atoms with Gasteiger partial charge < -0.3 is 10.3 Å². The fourth-order valence-electron chi connectivity index (χ4n) is 1.35. The van der Waals surface area contributed by atoms with Crippen molar-refractivity contribution in [3.63, 3.8) is 0 Å². The number of imidazole rings is 1. The van der Waals surface area contributed by atoms with E-state index in [0.29, 0.717) is 0 Å². The molecule has 2 heterocycles.